The SMILES string of the molecule is [N-]=[N+]=NCCOCCOCCOCC(=O)CCCCCC(NC(=O)COCCOCCOCCN=[N+]=[N-])C(=O)O. The van der Waals surface area contributed by atoms with Crippen molar-refractivity contribution in [2.75, 3.05) is 92.4 Å². The highest BCUT2D eigenvalue weighted by molar-refractivity contribution is 5.84. The van der Waals surface area contributed by atoms with Crippen LogP contribution >= 0.6 is 0 Å². The van der Waals surface area contributed by atoms with Gasteiger partial charge in [0.25, 0.3) is 0 Å². The Hall–Kier alpha value is -3.01. The van der Waals surface area contributed by atoms with Crippen LogP contribution in [0.4, 0.5) is 0 Å². The monoisotopic (exact) mass is 575 g/mol. The molecule has 2 N–H and O–H groups in total. The molecule has 1 atom stereocenters. The molecule has 0 bridgehead atoms. The number of nitrogens with one attached hydrogen (secondary N) is 1. The summed E-state index contributed by atoms with van der Waals surface area (Å²) >= 11 is 0. The molecule has 17 heteroatoms. The maximum Gasteiger partial charge on any atom is 0.326 e. The van der Waals surface area contributed by atoms with E-state index in [0.717, 1.165) is 0 Å². The summed E-state index contributed by atoms with van der Waals surface area (Å²) in [4.78, 5) is 40.5. The molecule has 0 aromatic heterocycles. The van der Waals surface area contributed by atoms with Gasteiger partial charge in [-0.05, 0) is 23.9 Å². The first-order valence-electron chi connectivity index (χ1n) is 13.0. The summed E-state index contributed by atoms with van der Waals surface area (Å²) in [6, 6.07) is -1.04. The molecule has 1 amide bonds. The molecule has 40 heavy (non-hydrogen) atoms. The lowest BCUT2D eigenvalue weighted by atomic mass is 10.1. The summed E-state index contributed by atoms with van der Waals surface area (Å²) in [5.41, 5.74) is 16.2. The Kier molecular flexibility index (Phi) is 26.8. The summed E-state index contributed by atoms with van der Waals surface area (Å²) in [5.74, 6) is -1.73. The van der Waals surface area contributed by atoms with Crippen LogP contribution in [0.25, 0.3) is 20.9 Å². The fraction of sp³-hybridized carbons (Fsp3) is 0.870. The third kappa shape index (κ3) is 26.6. The van der Waals surface area contributed by atoms with Gasteiger partial charge in [0, 0.05) is 29.3 Å². The number of carbonyl (C=O) groups excluding carboxylic acids is 2. The van der Waals surface area contributed by atoms with E-state index in [-0.39, 0.29) is 58.3 Å². The van der Waals surface area contributed by atoms with E-state index in [4.69, 9.17) is 39.5 Å². The topological polar surface area (TPSA) is 236 Å². The fourth-order valence-corrected chi connectivity index (χ4v) is 2.94. The number of ether oxygens (including phenoxy) is 6. The smallest absolute Gasteiger partial charge is 0.326 e. The number of unbranched alkanes of at least 4 members (excludes halogenated alkanes) is 2. The predicted molar refractivity (Wildman–Crippen MR) is 141 cm³/mol. The molecule has 0 aliphatic carbocycles. The zero-order valence-electron chi connectivity index (χ0n) is 22.8. The van der Waals surface area contributed by atoms with Crippen LogP contribution < -0.4 is 5.32 Å². The first kappa shape index (κ1) is 37.0. The number of Topliss-reactive ketones (excluding diaryl/α,β-unsaturated/α-hetero) is 1. The van der Waals surface area contributed by atoms with Crippen LogP contribution in [-0.4, -0.2) is 121 Å². The Morgan fingerprint density at radius 3 is 1.65 bits per heavy atom. The van der Waals surface area contributed by atoms with E-state index in [1.165, 1.54) is 0 Å². The molecule has 0 spiro atoms. The summed E-state index contributed by atoms with van der Waals surface area (Å²) < 4.78 is 31.3. The zero-order valence-corrected chi connectivity index (χ0v) is 22.8. The molecule has 0 rings (SSSR count). The van der Waals surface area contributed by atoms with Crippen molar-refractivity contribution in [2.45, 2.75) is 38.1 Å². The minimum Gasteiger partial charge on any atom is -0.480 e. The van der Waals surface area contributed by atoms with Gasteiger partial charge < -0.3 is 38.8 Å². The molecule has 0 aliphatic rings. The van der Waals surface area contributed by atoms with Crippen LogP contribution in [0.5, 0.6) is 0 Å². The number of nitrogens with zero attached hydrogens (tertiary/aromatic N) is 6. The van der Waals surface area contributed by atoms with Crippen LogP contribution in [-0.2, 0) is 42.8 Å². The summed E-state index contributed by atoms with van der Waals surface area (Å²) in [6.07, 6.45) is 2.32. The molecule has 0 saturated carbocycles. The third-order valence-electron chi connectivity index (χ3n) is 4.86. The van der Waals surface area contributed by atoms with E-state index in [1.54, 1.807) is 0 Å². The largest absolute Gasteiger partial charge is 0.480 e. The molecule has 0 saturated heterocycles. The van der Waals surface area contributed by atoms with Crippen LogP contribution in [0.2, 0.25) is 0 Å². The first-order chi connectivity index (χ1) is 19.5. The summed E-state index contributed by atoms with van der Waals surface area (Å²) in [5, 5.41) is 18.4. The number of aliphatic carboxylic acids is 1. The number of rotatable bonds is 30. The lowest BCUT2D eigenvalue weighted by Crippen LogP contribution is -2.42. The van der Waals surface area contributed by atoms with Crippen molar-refractivity contribution in [1.82, 2.24) is 5.32 Å². The van der Waals surface area contributed by atoms with Gasteiger partial charge in [-0.15, -0.1) is 0 Å². The molecule has 0 aromatic rings. The Morgan fingerprint density at radius 1 is 0.675 bits per heavy atom. The van der Waals surface area contributed by atoms with Crippen molar-refractivity contribution in [3.8, 4) is 0 Å². The van der Waals surface area contributed by atoms with Crippen molar-refractivity contribution in [2.24, 2.45) is 10.2 Å². The number of carboxylic acid groups (broad SMARTS) is 1. The van der Waals surface area contributed by atoms with Gasteiger partial charge in [-0.3, -0.25) is 9.59 Å². The van der Waals surface area contributed by atoms with Gasteiger partial charge in [-0.25, -0.2) is 4.79 Å². The van der Waals surface area contributed by atoms with Gasteiger partial charge in [0.1, 0.15) is 19.3 Å². The van der Waals surface area contributed by atoms with Gasteiger partial charge in [0.2, 0.25) is 5.91 Å². The van der Waals surface area contributed by atoms with Crippen LogP contribution in [0.1, 0.15) is 32.1 Å². The lowest BCUT2D eigenvalue weighted by Gasteiger charge is -2.14. The predicted octanol–water partition coefficient (Wildman–Crippen LogP) is 1.80. The first-order valence-corrected chi connectivity index (χ1v) is 13.0. The number of hydrogen-bond acceptors (Lipinski definition) is 11. The van der Waals surface area contributed by atoms with E-state index < -0.39 is 17.9 Å². The van der Waals surface area contributed by atoms with Crippen LogP contribution in [0, 0.1) is 0 Å². The number of amides is 1. The molecule has 0 heterocycles. The fourth-order valence-electron chi connectivity index (χ4n) is 2.94. The molecule has 0 radical (unpaired) electrons. The maximum absolute atomic E-state index is 12.0. The summed E-state index contributed by atoms with van der Waals surface area (Å²) in [6.45, 7) is 3.25. The van der Waals surface area contributed by atoms with Crippen molar-refractivity contribution in [3.05, 3.63) is 20.9 Å². The van der Waals surface area contributed by atoms with Crippen molar-refractivity contribution in [1.29, 1.82) is 0 Å². The maximum atomic E-state index is 12.0. The van der Waals surface area contributed by atoms with E-state index >= 15 is 0 Å². The van der Waals surface area contributed by atoms with Crippen molar-refractivity contribution >= 4 is 17.7 Å². The quantitative estimate of drug-likeness (QED) is 0.0545. The molecule has 17 nitrogen and oxygen atoms in total. The highest BCUT2D eigenvalue weighted by atomic mass is 16.5. The average Bonchev–Trinajstić information content (AvgIpc) is 2.93. The second-order valence-corrected chi connectivity index (χ2v) is 8.06. The number of carbonyl (C=O) groups is 3. The van der Waals surface area contributed by atoms with Gasteiger partial charge in [0.15, 0.2) is 5.78 Å². The van der Waals surface area contributed by atoms with Crippen molar-refractivity contribution in [3.63, 3.8) is 0 Å². The van der Waals surface area contributed by atoms with E-state index in [1.807, 2.05) is 0 Å². The Balaban J connectivity index is 3.68. The molecule has 228 valence electrons. The highest BCUT2D eigenvalue weighted by Gasteiger charge is 2.19. The van der Waals surface area contributed by atoms with E-state index in [2.05, 4.69) is 25.4 Å². The zero-order chi connectivity index (χ0) is 29.5. The molecular formula is C23H41N7O10. The van der Waals surface area contributed by atoms with E-state index in [0.29, 0.717) is 71.9 Å². The number of azide groups is 2. The normalized spacial score (nSPS) is 11.3. The van der Waals surface area contributed by atoms with Gasteiger partial charge in [-0.2, -0.15) is 0 Å². The van der Waals surface area contributed by atoms with Crippen LogP contribution in [0.15, 0.2) is 10.2 Å². The van der Waals surface area contributed by atoms with Gasteiger partial charge in [0.05, 0.1) is 66.1 Å². The lowest BCUT2D eigenvalue weighted by molar-refractivity contribution is -0.142. The van der Waals surface area contributed by atoms with Gasteiger partial charge >= 0.3 is 5.97 Å². The molecule has 0 aromatic carbocycles. The second kappa shape index (κ2) is 29.0. The number of hydrogen-bond donors (Lipinski definition) is 2. The summed E-state index contributed by atoms with van der Waals surface area (Å²) in [7, 11) is 0. The highest BCUT2D eigenvalue weighted by Crippen LogP contribution is 2.07. The van der Waals surface area contributed by atoms with Gasteiger partial charge in [-0.1, -0.05) is 23.1 Å². The Bertz CT molecular complexity index is 777. The van der Waals surface area contributed by atoms with Crippen LogP contribution in [0.3, 0.4) is 0 Å². The molecule has 0 aliphatic heterocycles. The Labute approximate surface area is 233 Å². The molecule has 1 unspecified atom stereocenters. The Morgan fingerprint density at radius 2 is 1.15 bits per heavy atom. The standard InChI is InChI=1S/C23H41N7O10/c24-29-26-6-8-35-10-12-37-14-16-39-18-20(31)4-2-1-3-5-21(23(33)34)28-22(32)19-40-17-15-38-13-11-36-9-7-27-30-25/h21H,1-19H2,(H,28,32)(H,33,34). The third-order valence-corrected chi connectivity index (χ3v) is 4.86. The second-order valence-electron chi connectivity index (χ2n) is 8.06. The molecular weight excluding hydrogens is 534 g/mol. The van der Waals surface area contributed by atoms with E-state index in [9.17, 15) is 19.5 Å². The van der Waals surface area contributed by atoms with Crippen molar-refractivity contribution < 1.29 is 47.9 Å². The average molecular weight is 576 g/mol. The molecule has 0 fully saturated rings. The number of ketones is 1. The number of carboxylic acids is 1. The minimum atomic E-state index is -1.14. The minimum absolute atomic E-state index is 0.0163.